The van der Waals surface area contributed by atoms with Gasteiger partial charge in [0.25, 0.3) is 0 Å². The fourth-order valence-corrected chi connectivity index (χ4v) is 1.13. The van der Waals surface area contributed by atoms with Gasteiger partial charge >= 0.3 is 0 Å². The summed E-state index contributed by atoms with van der Waals surface area (Å²) in [5.74, 6) is -1.92. The second-order valence-electron chi connectivity index (χ2n) is 3.35. The van der Waals surface area contributed by atoms with Crippen LogP contribution in [-0.2, 0) is 11.2 Å². The van der Waals surface area contributed by atoms with Crippen LogP contribution in [0.4, 0.5) is 4.39 Å². The molecule has 0 heterocycles. The predicted molar refractivity (Wildman–Crippen MR) is 52.1 cm³/mol. The molecular formula is C10H12FNO3. The Morgan fingerprint density at radius 2 is 2.00 bits per heavy atom. The van der Waals surface area contributed by atoms with Gasteiger partial charge in [-0.15, -0.1) is 0 Å². The van der Waals surface area contributed by atoms with Crippen molar-refractivity contribution in [3.63, 3.8) is 0 Å². The molecule has 0 aliphatic rings. The minimum absolute atomic E-state index is 0.00495. The van der Waals surface area contributed by atoms with Crippen LogP contribution in [0.2, 0.25) is 0 Å². The molecule has 1 aromatic carbocycles. The second kappa shape index (κ2) is 4.27. The summed E-state index contributed by atoms with van der Waals surface area (Å²) in [4.78, 5) is 10.9. The fourth-order valence-electron chi connectivity index (χ4n) is 1.13. The summed E-state index contributed by atoms with van der Waals surface area (Å²) < 4.78 is 13.2. The van der Waals surface area contributed by atoms with Crippen LogP contribution in [0.5, 0.6) is 11.5 Å². The van der Waals surface area contributed by atoms with Crippen LogP contribution in [0.3, 0.4) is 0 Å². The number of carbonyl (C=O) groups is 1. The van der Waals surface area contributed by atoms with Crippen LogP contribution in [-0.4, -0.2) is 22.0 Å². The maximum atomic E-state index is 13.2. The van der Waals surface area contributed by atoms with Crippen molar-refractivity contribution in [3.05, 3.63) is 23.5 Å². The van der Waals surface area contributed by atoms with Crippen LogP contribution >= 0.6 is 0 Å². The number of nitrogens with two attached hydrogens (primary N) is 1. The highest BCUT2D eigenvalue weighted by Crippen LogP contribution is 2.27. The van der Waals surface area contributed by atoms with E-state index in [1.54, 1.807) is 0 Å². The zero-order valence-electron chi connectivity index (χ0n) is 8.20. The maximum absolute atomic E-state index is 13.2. The Hall–Kier alpha value is -1.62. The van der Waals surface area contributed by atoms with E-state index >= 15 is 0 Å². The lowest BCUT2D eigenvalue weighted by atomic mass is 10.0. The molecule has 4 N–H and O–H groups in total. The average Bonchev–Trinajstić information content (AvgIpc) is 2.13. The van der Waals surface area contributed by atoms with E-state index in [4.69, 9.17) is 15.9 Å². The molecule has 0 aromatic heterocycles. The first kappa shape index (κ1) is 11.5. The van der Waals surface area contributed by atoms with Crippen molar-refractivity contribution in [1.82, 2.24) is 0 Å². The lowest BCUT2D eigenvalue weighted by Crippen LogP contribution is -2.30. The molecule has 82 valence electrons. The first-order chi connectivity index (χ1) is 6.91. The summed E-state index contributed by atoms with van der Waals surface area (Å²) in [5.41, 5.74) is 5.55. The highest BCUT2D eigenvalue weighted by atomic mass is 18.2. The van der Waals surface area contributed by atoms with Crippen LogP contribution < -0.4 is 5.73 Å². The molecule has 0 fully saturated rings. The highest BCUT2D eigenvalue weighted by Gasteiger charge is 2.14. The van der Waals surface area contributed by atoms with E-state index in [0.717, 1.165) is 12.1 Å². The van der Waals surface area contributed by atoms with Crippen LogP contribution in [0, 0.1) is 5.82 Å². The van der Waals surface area contributed by atoms with Crippen molar-refractivity contribution in [2.75, 3.05) is 0 Å². The Balaban J connectivity index is 2.95. The van der Waals surface area contributed by atoms with Crippen molar-refractivity contribution in [3.8, 4) is 11.5 Å². The summed E-state index contributed by atoms with van der Waals surface area (Å²) in [6, 6.07) is 1.05. The molecule has 1 atom stereocenters. The Labute approximate surface area is 86.1 Å². The van der Waals surface area contributed by atoms with Crippen LogP contribution in [0.15, 0.2) is 12.1 Å². The molecule has 0 bridgehead atoms. The molecule has 5 heteroatoms. The van der Waals surface area contributed by atoms with Gasteiger partial charge in [-0.3, -0.25) is 4.79 Å². The first-order valence-corrected chi connectivity index (χ1v) is 4.38. The van der Waals surface area contributed by atoms with Gasteiger partial charge < -0.3 is 15.9 Å². The number of phenolic OH excluding ortho intramolecular Hbond substituents is 2. The minimum Gasteiger partial charge on any atom is -0.504 e. The summed E-state index contributed by atoms with van der Waals surface area (Å²) in [6.45, 7) is 1.31. The van der Waals surface area contributed by atoms with Crippen LogP contribution in [0.1, 0.15) is 12.5 Å². The minimum atomic E-state index is -0.802. The van der Waals surface area contributed by atoms with Gasteiger partial charge in [-0.05, 0) is 25.0 Å². The molecular weight excluding hydrogens is 200 g/mol. The number of aromatic hydroxyl groups is 2. The average molecular weight is 212 g/mol. The molecule has 0 spiro atoms. The number of phenols is 2. The SMILES string of the molecule is CC(=O)C(N)Cc1cc(O)c(O)cc1[18F]. The van der Waals surface area contributed by atoms with E-state index in [0.29, 0.717) is 0 Å². The van der Waals surface area contributed by atoms with Crippen molar-refractivity contribution >= 4 is 5.78 Å². The lowest BCUT2D eigenvalue weighted by Gasteiger charge is -2.09. The number of ketones is 1. The number of rotatable bonds is 3. The Kier molecular flexibility index (Phi) is 3.26. The highest BCUT2D eigenvalue weighted by molar-refractivity contribution is 5.81. The summed E-state index contributed by atoms with van der Waals surface area (Å²) >= 11 is 0. The van der Waals surface area contributed by atoms with Gasteiger partial charge in [-0.1, -0.05) is 0 Å². The van der Waals surface area contributed by atoms with Crippen molar-refractivity contribution < 1.29 is 19.4 Å². The van der Waals surface area contributed by atoms with Crippen molar-refractivity contribution in [2.45, 2.75) is 19.4 Å². The maximum Gasteiger partial charge on any atom is 0.160 e. The van der Waals surface area contributed by atoms with Gasteiger partial charge in [0.2, 0.25) is 0 Å². The Morgan fingerprint density at radius 1 is 1.47 bits per heavy atom. The first-order valence-electron chi connectivity index (χ1n) is 4.38. The lowest BCUT2D eigenvalue weighted by molar-refractivity contribution is -0.118. The Morgan fingerprint density at radius 3 is 2.53 bits per heavy atom. The zero-order chi connectivity index (χ0) is 11.6. The van der Waals surface area contributed by atoms with Gasteiger partial charge in [0.05, 0.1) is 6.04 Å². The zero-order valence-corrected chi connectivity index (χ0v) is 8.20. The third-order valence-corrected chi connectivity index (χ3v) is 2.11. The summed E-state index contributed by atoms with van der Waals surface area (Å²) in [7, 11) is 0. The second-order valence-corrected chi connectivity index (χ2v) is 3.35. The van der Waals surface area contributed by atoms with E-state index in [1.807, 2.05) is 0 Å². The molecule has 0 saturated heterocycles. The number of hydrogen-bond acceptors (Lipinski definition) is 4. The van der Waals surface area contributed by atoms with E-state index in [1.165, 1.54) is 6.92 Å². The number of carbonyl (C=O) groups excluding carboxylic acids is 1. The smallest absolute Gasteiger partial charge is 0.160 e. The standard InChI is InChI=1S/C10H12FNO3/c1-5(13)8(12)2-6-3-9(14)10(15)4-7(6)11/h3-4,8,14-15H,2,12H2,1H3/i11-1. The topological polar surface area (TPSA) is 83.6 Å². The number of benzene rings is 1. The fraction of sp³-hybridized carbons (Fsp3) is 0.300. The van der Waals surface area contributed by atoms with Gasteiger partial charge in [-0.2, -0.15) is 0 Å². The normalized spacial score (nSPS) is 12.5. The molecule has 1 unspecified atom stereocenters. The number of Topliss-reactive ketones (excluding diaryl/α,β-unsaturated/α-hetero) is 1. The summed E-state index contributed by atoms with van der Waals surface area (Å²) in [5, 5.41) is 18.1. The molecule has 4 nitrogen and oxygen atoms in total. The number of hydrogen-bond donors (Lipinski definition) is 3. The number of halogens is 1. The third-order valence-electron chi connectivity index (χ3n) is 2.11. The largest absolute Gasteiger partial charge is 0.504 e. The quantitative estimate of drug-likeness (QED) is 0.644. The van der Waals surface area contributed by atoms with Gasteiger partial charge in [0.15, 0.2) is 11.5 Å². The predicted octanol–water partition coefficient (Wildman–Crippen LogP) is 0.696. The molecule has 0 saturated carbocycles. The van der Waals surface area contributed by atoms with E-state index in [9.17, 15) is 9.18 Å². The molecule has 1 aromatic rings. The monoisotopic (exact) mass is 212 g/mol. The molecule has 1 rings (SSSR count). The molecule has 0 amide bonds. The van der Waals surface area contributed by atoms with Crippen molar-refractivity contribution in [1.29, 1.82) is 0 Å². The molecule has 0 aliphatic carbocycles. The molecule has 0 aliphatic heterocycles. The van der Waals surface area contributed by atoms with Gasteiger partial charge in [-0.25, -0.2) is 4.39 Å². The molecule has 0 radical (unpaired) electrons. The van der Waals surface area contributed by atoms with Gasteiger partial charge in [0.1, 0.15) is 11.6 Å². The Bertz CT molecular complexity index is 392. The van der Waals surface area contributed by atoms with Gasteiger partial charge in [0, 0.05) is 6.07 Å². The van der Waals surface area contributed by atoms with Crippen molar-refractivity contribution in [2.24, 2.45) is 5.73 Å². The van der Waals surface area contributed by atoms with E-state index in [-0.39, 0.29) is 17.8 Å². The van der Waals surface area contributed by atoms with E-state index < -0.39 is 23.4 Å². The third kappa shape index (κ3) is 2.66. The summed E-state index contributed by atoms with van der Waals surface area (Å²) in [6.07, 6.45) is -0.00495. The molecule has 15 heavy (non-hydrogen) atoms. The van der Waals surface area contributed by atoms with Crippen LogP contribution in [0.25, 0.3) is 0 Å². The van der Waals surface area contributed by atoms with E-state index in [2.05, 4.69) is 0 Å².